The third kappa shape index (κ3) is 2.60. The predicted molar refractivity (Wildman–Crippen MR) is 30.0 cm³/mol. The molecule has 0 saturated heterocycles. The molecule has 0 saturated carbocycles. The molecule has 0 aliphatic rings. The maximum Gasteiger partial charge on any atom is 0.0738 e. The van der Waals surface area contributed by atoms with Gasteiger partial charge in [-0.25, -0.2) is 0 Å². The summed E-state index contributed by atoms with van der Waals surface area (Å²) < 4.78 is 0. The van der Waals surface area contributed by atoms with Crippen molar-refractivity contribution >= 4 is 0 Å². The van der Waals surface area contributed by atoms with Gasteiger partial charge in [0.05, 0.1) is 5.60 Å². The number of nitrogens with two attached hydrogens (primary N) is 1. The lowest BCUT2D eigenvalue weighted by Crippen LogP contribution is -2.32. The Hall–Kier alpha value is -0.0800. The van der Waals surface area contributed by atoms with E-state index < -0.39 is 5.60 Å². The number of hydrogen-bond donors (Lipinski definition) is 2. The van der Waals surface area contributed by atoms with Gasteiger partial charge >= 0.3 is 0 Å². The van der Waals surface area contributed by atoms with Crippen molar-refractivity contribution in [1.82, 2.24) is 0 Å². The molecule has 2 heteroatoms. The van der Waals surface area contributed by atoms with Crippen molar-refractivity contribution in [3.05, 3.63) is 0 Å². The molecule has 0 fully saturated rings. The van der Waals surface area contributed by atoms with Crippen LogP contribution in [0.4, 0.5) is 0 Å². The van der Waals surface area contributed by atoms with Gasteiger partial charge in [0.1, 0.15) is 0 Å². The van der Waals surface area contributed by atoms with Gasteiger partial charge in [-0.2, -0.15) is 0 Å². The fourth-order valence-corrected chi connectivity index (χ4v) is 0.144. The van der Waals surface area contributed by atoms with Crippen LogP contribution < -0.4 is 5.73 Å². The van der Waals surface area contributed by atoms with Crippen LogP contribution in [-0.2, 0) is 0 Å². The molecule has 0 unspecified atom stereocenters. The van der Waals surface area contributed by atoms with Crippen LogP contribution in [0.25, 0.3) is 0 Å². The summed E-state index contributed by atoms with van der Waals surface area (Å²) in [5.74, 6) is 0. The summed E-state index contributed by atoms with van der Waals surface area (Å²) in [6.45, 7) is 3.99. The Balaban J connectivity index is 3.36. The standard InChI is InChI=1S/C5H13NO/c1-3-5(2,7)4-6/h7H,3-4,6H2,1-2H3/t5-/m1/s1. The molecule has 0 amide bonds. The van der Waals surface area contributed by atoms with E-state index in [1.165, 1.54) is 0 Å². The maximum absolute atomic E-state index is 9.01. The first-order valence-electron chi connectivity index (χ1n) is 2.55. The molecule has 0 spiro atoms. The first-order valence-corrected chi connectivity index (χ1v) is 2.55. The molecular weight excluding hydrogens is 90.1 g/mol. The predicted octanol–water partition coefficient (Wildman–Crippen LogP) is 0.106. The molecule has 0 heterocycles. The van der Waals surface area contributed by atoms with Crippen LogP contribution in [0.3, 0.4) is 0 Å². The fraction of sp³-hybridized carbons (Fsp3) is 1.00. The van der Waals surface area contributed by atoms with Crippen LogP contribution >= 0.6 is 0 Å². The Kier molecular flexibility index (Phi) is 2.26. The second kappa shape index (κ2) is 2.28. The normalized spacial score (nSPS) is 18.9. The SMILES string of the molecule is CC[C@@](C)(O)CN. The van der Waals surface area contributed by atoms with Gasteiger partial charge < -0.3 is 10.8 Å². The van der Waals surface area contributed by atoms with Gasteiger partial charge in [-0.1, -0.05) is 6.92 Å². The molecule has 1 atom stereocenters. The minimum atomic E-state index is -0.639. The van der Waals surface area contributed by atoms with E-state index in [9.17, 15) is 0 Å². The monoisotopic (exact) mass is 103 g/mol. The van der Waals surface area contributed by atoms with E-state index in [-0.39, 0.29) is 0 Å². The van der Waals surface area contributed by atoms with Crippen LogP contribution in [-0.4, -0.2) is 17.3 Å². The molecule has 0 rings (SSSR count). The van der Waals surface area contributed by atoms with Gasteiger partial charge in [-0.3, -0.25) is 0 Å². The minimum absolute atomic E-state index is 0.351. The molecule has 0 radical (unpaired) electrons. The van der Waals surface area contributed by atoms with Gasteiger partial charge in [0.15, 0.2) is 0 Å². The van der Waals surface area contributed by atoms with Crippen molar-refractivity contribution in [3.63, 3.8) is 0 Å². The summed E-state index contributed by atoms with van der Waals surface area (Å²) in [5.41, 5.74) is 4.53. The first kappa shape index (κ1) is 6.92. The van der Waals surface area contributed by atoms with Crippen LogP contribution in [0, 0.1) is 0 Å². The van der Waals surface area contributed by atoms with E-state index in [4.69, 9.17) is 10.8 Å². The maximum atomic E-state index is 9.01. The van der Waals surface area contributed by atoms with E-state index >= 15 is 0 Å². The molecule has 0 aromatic rings. The second-order valence-electron chi connectivity index (χ2n) is 2.05. The molecule has 7 heavy (non-hydrogen) atoms. The van der Waals surface area contributed by atoms with E-state index in [1.807, 2.05) is 6.92 Å². The van der Waals surface area contributed by atoms with Crippen molar-refractivity contribution in [2.75, 3.05) is 6.54 Å². The van der Waals surface area contributed by atoms with Gasteiger partial charge in [0.25, 0.3) is 0 Å². The Morgan fingerprint density at radius 2 is 2.14 bits per heavy atom. The smallest absolute Gasteiger partial charge is 0.0738 e. The second-order valence-corrected chi connectivity index (χ2v) is 2.05. The van der Waals surface area contributed by atoms with E-state index in [2.05, 4.69) is 0 Å². The Morgan fingerprint density at radius 1 is 1.71 bits per heavy atom. The van der Waals surface area contributed by atoms with Crippen LogP contribution in [0.15, 0.2) is 0 Å². The highest BCUT2D eigenvalue weighted by Crippen LogP contribution is 2.03. The van der Waals surface area contributed by atoms with Crippen molar-refractivity contribution < 1.29 is 5.11 Å². The Bertz CT molecular complexity index is 46.0. The van der Waals surface area contributed by atoms with Crippen molar-refractivity contribution in [3.8, 4) is 0 Å². The van der Waals surface area contributed by atoms with E-state index in [0.717, 1.165) is 6.42 Å². The molecule has 0 aliphatic heterocycles. The Labute approximate surface area is 44.3 Å². The van der Waals surface area contributed by atoms with Crippen LogP contribution in [0.2, 0.25) is 0 Å². The molecule has 0 aliphatic carbocycles. The quantitative estimate of drug-likeness (QED) is 0.521. The highest BCUT2D eigenvalue weighted by Gasteiger charge is 2.12. The molecule has 44 valence electrons. The molecule has 0 bridgehead atoms. The summed E-state index contributed by atoms with van der Waals surface area (Å²) in [6.07, 6.45) is 0.726. The lowest BCUT2D eigenvalue weighted by Gasteiger charge is -2.17. The van der Waals surface area contributed by atoms with Gasteiger partial charge in [0.2, 0.25) is 0 Å². The van der Waals surface area contributed by atoms with Gasteiger partial charge in [0, 0.05) is 6.54 Å². The third-order valence-electron chi connectivity index (χ3n) is 1.20. The molecule has 0 aromatic carbocycles. The zero-order chi connectivity index (χ0) is 5.91. The third-order valence-corrected chi connectivity index (χ3v) is 1.20. The zero-order valence-electron chi connectivity index (χ0n) is 4.94. The number of hydrogen-bond acceptors (Lipinski definition) is 2. The highest BCUT2D eigenvalue weighted by molar-refractivity contribution is 4.69. The molecule has 2 nitrogen and oxygen atoms in total. The average Bonchev–Trinajstić information content (AvgIpc) is 1.68. The molecular formula is C5H13NO. The average molecular weight is 103 g/mol. The summed E-state index contributed by atoms with van der Waals surface area (Å²) in [5, 5.41) is 9.01. The van der Waals surface area contributed by atoms with E-state index in [1.54, 1.807) is 6.92 Å². The van der Waals surface area contributed by atoms with E-state index in [0.29, 0.717) is 6.54 Å². The summed E-state index contributed by atoms with van der Waals surface area (Å²) in [7, 11) is 0. The first-order chi connectivity index (χ1) is 3.12. The zero-order valence-corrected chi connectivity index (χ0v) is 4.94. The van der Waals surface area contributed by atoms with Crippen LogP contribution in [0.1, 0.15) is 20.3 Å². The summed E-state index contributed by atoms with van der Waals surface area (Å²) in [4.78, 5) is 0. The van der Waals surface area contributed by atoms with Crippen molar-refractivity contribution in [1.29, 1.82) is 0 Å². The fourth-order valence-electron chi connectivity index (χ4n) is 0.144. The highest BCUT2D eigenvalue weighted by atomic mass is 16.3. The van der Waals surface area contributed by atoms with Crippen molar-refractivity contribution in [2.24, 2.45) is 5.73 Å². The summed E-state index contributed by atoms with van der Waals surface area (Å²) in [6, 6.07) is 0. The van der Waals surface area contributed by atoms with Gasteiger partial charge in [-0.05, 0) is 13.3 Å². The number of aliphatic hydroxyl groups is 1. The van der Waals surface area contributed by atoms with Crippen LogP contribution in [0.5, 0.6) is 0 Å². The molecule has 0 aromatic heterocycles. The summed E-state index contributed by atoms with van der Waals surface area (Å²) >= 11 is 0. The lowest BCUT2D eigenvalue weighted by atomic mass is 10.1. The molecule has 3 N–H and O–H groups in total. The van der Waals surface area contributed by atoms with Gasteiger partial charge in [-0.15, -0.1) is 0 Å². The lowest BCUT2D eigenvalue weighted by molar-refractivity contribution is 0.0652. The minimum Gasteiger partial charge on any atom is -0.389 e. The Morgan fingerprint density at radius 3 is 2.14 bits per heavy atom. The largest absolute Gasteiger partial charge is 0.389 e. The topological polar surface area (TPSA) is 46.2 Å². The van der Waals surface area contributed by atoms with Crippen molar-refractivity contribution in [2.45, 2.75) is 25.9 Å². The number of rotatable bonds is 2.